The zero-order valence-corrected chi connectivity index (χ0v) is 9.07. The Bertz CT molecular complexity index is 508. The molecule has 0 aliphatic heterocycles. The molecule has 0 aromatic heterocycles. The van der Waals surface area contributed by atoms with Crippen molar-refractivity contribution in [3.8, 4) is 5.75 Å². The Hall–Kier alpha value is -2.03. The summed E-state index contributed by atoms with van der Waals surface area (Å²) in [7, 11) is 1.46. The van der Waals surface area contributed by atoms with Crippen LogP contribution in [0.5, 0.6) is 5.75 Å². The van der Waals surface area contributed by atoms with Gasteiger partial charge in [0.2, 0.25) is 5.90 Å². The van der Waals surface area contributed by atoms with E-state index in [4.69, 9.17) is 14.9 Å². The first kappa shape index (κ1) is 10.5. The van der Waals surface area contributed by atoms with Gasteiger partial charge in [0.1, 0.15) is 5.75 Å². The molecule has 0 spiro atoms. The van der Waals surface area contributed by atoms with Crippen molar-refractivity contribution in [2.45, 2.75) is 0 Å². The van der Waals surface area contributed by atoms with Crippen LogP contribution >= 0.6 is 0 Å². The average molecular weight is 215 g/mol. The number of ether oxygens (including phenoxy) is 2. The summed E-state index contributed by atoms with van der Waals surface area (Å²) in [6, 6.07) is 13.9. The number of nitrogens with one attached hydrogen (secondary N) is 1. The summed E-state index contributed by atoms with van der Waals surface area (Å²) >= 11 is 0. The maximum atomic E-state index is 7.30. The highest BCUT2D eigenvalue weighted by atomic mass is 16.5. The Balaban J connectivity index is 2.16. The van der Waals surface area contributed by atoms with Crippen LogP contribution in [0, 0.1) is 5.41 Å². The second-order valence-corrected chi connectivity index (χ2v) is 3.42. The lowest BCUT2D eigenvalue weighted by atomic mass is 10.1. The number of methoxy groups -OCH3 is 1. The standard InChI is InChI=1S/C13H13NO2/c1-15-13(14)9-16-12-7-6-10-4-2-3-5-11(10)8-12/h2-8,14H,9H2,1H3. The van der Waals surface area contributed by atoms with Gasteiger partial charge in [-0.1, -0.05) is 30.3 Å². The van der Waals surface area contributed by atoms with Crippen LogP contribution in [-0.2, 0) is 4.74 Å². The first-order valence-corrected chi connectivity index (χ1v) is 5.02. The van der Waals surface area contributed by atoms with Gasteiger partial charge in [-0.3, -0.25) is 5.41 Å². The van der Waals surface area contributed by atoms with E-state index in [1.807, 2.05) is 36.4 Å². The van der Waals surface area contributed by atoms with Crippen molar-refractivity contribution in [3.05, 3.63) is 42.5 Å². The van der Waals surface area contributed by atoms with E-state index >= 15 is 0 Å². The third-order valence-corrected chi connectivity index (χ3v) is 2.34. The summed E-state index contributed by atoms with van der Waals surface area (Å²) < 4.78 is 10.1. The smallest absolute Gasteiger partial charge is 0.219 e. The average Bonchev–Trinajstić information content (AvgIpc) is 2.35. The summed E-state index contributed by atoms with van der Waals surface area (Å²) in [6.45, 7) is 0.162. The van der Waals surface area contributed by atoms with Crippen molar-refractivity contribution >= 4 is 16.7 Å². The van der Waals surface area contributed by atoms with Gasteiger partial charge in [0.25, 0.3) is 0 Å². The van der Waals surface area contributed by atoms with E-state index in [1.165, 1.54) is 12.5 Å². The van der Waals surface area contributed by atoms with Gasteiger partial charge in [-0.05, 0) is 22.9 Å². The molecule has 0 fully saturated rings. The van der Waals surface area contributed by atoms with Crippen molar-refractivity contribution in [3.63, 3.8) is 0 Å². The van der Waals surface area contributed by atoms with Crippen LogP contribution in [0.2, 0.25) is 0 Å². The summed E-state index contributed by atoms with van der Waals surface area (Å²) in [4.78, 5) is 0. The van der Waals surface area contributed by atoms with E-state index in [9.17, 15) is 0 Å². The molecule has 82 valence electrons. The molecule has 2 aromatic carbocycles. The van der Waals surface area contributed by atoms with Crippen LogP contribution < -0.4 is 4.74 Å². The van der Waals surface area contributed by atoms with E-state index in [2.05, 4.69) is 6.07 Å². The minimum absolute atomic E-state index is 0.119. The van der Waals surface area contributed by atoms with Gasteiger partial charge < -0.3 is 9.47 Å². The second kappa shape index (κ2) is 4.66. The fourth-order valence-electron chi connectivity index (χ4n) is 1.46. The highest BCUT2D eigenvalue weighted by molar-refractivity contribution is 5.83. The molecule has 0 unspecified atom stereocenters. The third kappa shape index (κ3) is 2.31. The quantitative estimate of drug-likeness (QED) is 0.632. The number of fused-ring (bicyclic) bond motifs is 1. The lowest BCUT2D eigenvalue weighted by Gasteiger charge is -2.07. The zero-order chi connectivity index (χ0) is 11.4. The van der Waals surface area contributed by atoms with Gasteiger partial charge in [-0.2, -0.15) is 0 Å². The van der Waals surface area contributed by atoms with Crippen LogP contribution in [0.25, 0.3) is 10.8 Å². The third-order valence-electron chi connectivity index (χ3n) is 2.34. The Morgan fingerprint density at radius 3 is 2.62 bits per heavy atom. The first-order valence-electron chi connectivity index (χ1n) is 5.02. The monoisotopic (exact) mass is 215 g/mol. The summed E-state index contributed by atoms with van der Waals surface area (Å²) in [5.74, 6) is 0.869. The molecule has 1 N–H and O–H groups in total. The molecule has 0 saturated heterocycles. The summed E-state index contributed by atoms with van der Waals surface area (Å²) in [6.07, 6.45) is 0. The predicted molar refractivity (Wildman–Crippen MR) is 64.2 cm³/mol. The van der Waals surface area contributed by atoms with E-state index in [0.29, 0.717) is 0 Å². The molecule has 0 atom stereocenters. The van der Waals surface area contributed by atoms with Crippen LogP contribution in [0.15, 0.2) is 42.5 Å². The molecule has 16 heavy (non-hydrogen) atoms. The second-order valence-electron chi connectivity index (χ2n) is 3.42. The van der Waals surface area contributed by atoms with E-state index in [-0.39, 0.29) is 12.5 Å². The Kier molecular flexibility index (Phi) is 3.05. The largest absolute Gasteiger partial charge is 0.484 e. The van der Waals surface area contributed by atoms with Gasteiger partial charge in [0, 0.05) is 0 Å². The lowest BCUT2D eigenvalue weighted by Crippen LogP contribution is -2.11. The van der Waals surface area contributed by atoms with Crippen molar-refractivity contribution in [1.29, 1.82) is 5.41 Å². The molecule has 0 radical (unpaired) electrons. The molecule has 0 aliphatic rings. The number of benzene rings is 2. The Morgan fingerprint density at radius 2 is 1.88 bits per heavy atom. The van der Waals surface area contributed by atoms with Gasteiger partial charge in [0.15, 0.2) is 6.61 Å². The van der Waals surface area contributed by atoms with Crippen LogP contribution in [0.1, 0.15) is 0 Å². The molecular weight excluding hydrogens is 202 g/mol. The molecule has 3 heteroatoms. The highest BCUT2D eigenvalue weighted by Gasteiger charge is 1.99. The molecular formula is C13H13NO2. The molecule has 0 aliphatic carbocycles. The number of rotatable bonds is 3. The van der Waals surface area contributed by atoms with Crippen LogP contribution in [0.4, 0.5) is 0 Å². The summed E-state index contributed by atoms with van der Waals surface area (Å²) in [5.41, 5.74) is 0. The summed E-state index contributed by atoms with van der Waals surface area (Å²) in [5, 5.41) is 9.61. The van der Waals surface area contributed by atoms with Crippen LogP contribution in [0.3, 0.4) is 0 Å². The molecule has 0 saturated carbocycles. The Morgan fingerprint density at radius 1 is 1.12 bits per heavy atom. The first-order chi connectivity index (χ1) is 7.79. The Labute approximate surface area is 94.1 Å². The fraction of sp³-hybridized carbons (Fsp3) is 0.154. The maximum absolute atomic E-state index is 7.30. The molecule has 0 bridgehead atoms. The van der Waals surface area contributed by atoms with Crippen LogP contribution in [-0.4, -0.2) is 19.6 Å². The van der Waals surface area contributed by atoms with Crippen molar-refractivity contribution < 1.29 is 9.47 Å². The van der Waals surface area contributed by atoms with E-state index < -0.39 is 0 Å². The minimum Gasteiger partial charge on any atom is -0.484 e. The minimum atomic E-state index is 0.119. The fourth-order valence-corrected chi connectivity index (χ4v) is 1.46. The molecule has 2 aromatic rings. The van der Waals surface area contributed by atoms with Gasteiger partial charge >= 0.3 is 0 Å². The van der Waals surface area contributed by atoms with Crippen molar-refractivity contribution in [2.75, 3.05) is 13.7 Å². The molecule has 2 rings (SSSR count). The predicted octanol–water partition coefficient (Wildman–Crippen LogP) is 2.84. The van der Waals surface area contributed by atoms with Crippen molar-refractivity contribution in [2.24, 2.45) is 0 Å². The molecule has 0 amide bonds. The van der Waals surface area contributed by atoms with Crippen molar-refractivity contribution in [1.82, 2.24) is 0 Å². The SMILES string of the molecule is COC(=N)COc1ccc2ccccc2c1. The number of hydrogen-bond donors (Lipinski definition) is 1. The lowest BCUT2D eigenvalue weighted by molar-refractivity contribution is 0.310. The normalized spacial score (nSPS) is 10.1. The van der Waals surface area contributed by atoms with Gasteiger partial charge in [-0.25, -0.2) is 0 Å². The van der Waals surface area contributed by atoms with Gasteiger partial charge in [-0.15, -0.1) is 0 Å². The zero-order valence-electron chi connectivity index (χ0n) is 9.07. The number of hydrogen-bond acceptors (Lipinski definition) is 3. The van der Waals surface area contributed by atoms with E-state index in [1.54, 1.807) is 0 Å². The van der Waals surface area contributed by atoms with E-state index in [0.717, 1.165) is 11.1 Å². The van der Waals surface area contributed by atoms with Gasteiger partial charge in [0.05, 0.1) is 7.11 Å². The topological polar surface area (TPSA) is 42.3 Å². The molecule has 3 nitrogen and oxygen atoms in total. The highest BCUT2D eigenvalue weighted by Crippen LogP contribution is 2.20. The maximum Gasteiger partial charge on any atom is 0.219 e. The molecule has 0 heterocycles.